The van der Waals surface area contributed by atoms with E-state index in [0.717, 1.165) is 17.3 Å². The van der Waals surface area contributed by atoms with Gasteiger partial charge in [-0.05, 0) is 60.9 Å². The quantitative estimate of drug-likeness (QED) is 0.754. The minimum absolute atomic E-state index is 0.271. The molecule has 2 atom stereocenters. The number of rotatable bonds is 0. The highest BCUT2D eigenvalue weighted by Crippen LogP contribution is 2.42. The predicted molar refractivity (Wildman–Crippen MR) is 66.2 cm³/mol. The molecule has 1 unspecified atom stereocenters. The maximum Gasteiger partial charge on any atom is 0.0796 e. The van der Waals surface area contributed by atoms with Gasteiger partial charge in [0.25, 0.3) is 0 Å². The van der Waals surface area contributed by atoms with E-state index in [1.165, 1.54) is 22.3 Å². The number of halogens is 1. The van der Waals surface area contributed by atoms with Gasteiger partial charge in [0.15, 0.2) is 0 Å². The highest BCUT2D eigenvalue weighted by molar-refractivity contribution is 9.10. The number of aliphatic hydroxyl groups is 1. The SMILES string of the molecule is Cc1cc(Br)c(C)c2c1C(C)CC[C@@H]2O. The molecular formula is C13H17BrO. The van der Waals surface area contributed by atoms with Gasteiger partial charge in [-0.2, -0.15) is 0 Å². The smallest absolute Gasteiger partial charge is 0.0796 e. The van der Waals surface area contributed by atoms with Crippen molar-refractivity contribution in [2.45, 2.75) is 45.6 Å². The van der Waals surface area contributed by atoms with Crippen LogP contribution < -0.4 is 0 Å². The molecule has 0 aromatic heterocycles. The van der Waals surface area contributed by atoms with Crippen molar-refractivity contribution in [3.63, 3.8) is 0 Å². The summed E-state index contributed by atoms with van der Waals surface area (Å²) in [6.45, 7) is 6.48. The third-order valence-corrected chi connectivity index (χ3v) is 4.34. The van der Waals surface area contributed by atoms with Crippen molar-refractivity contribution in [1.82, 2.24) is 0 Å². The van der Waals surface area contributed by atoms with E-state index < -0.39 is 0 Å². The first kappa shape index (κ1) is 11.2. The maximum atomic E-state index is 10.1. The average Bonchev–Trinajstić information content (AvgIpc) is 2.18. The molecular weight excluding hydrogens is 252 g/mol. The normalized spacial score (nSPS) is 25.1. The summed E-state index contributed by atoms with van der Waals surface area (Å²) in [7, 11) is 0. The second-order valence-electron chi connectivity index (χ2n) is 4.62. The van der Waals surface area contributed by atoms with Gasteiger partial charge in [0.2, 0.25) is 0 Å². The predicted octanol–water partition coefficient (Wildman–Crippen LogP) is 4.00. The molecule has 2 heteroatoms. The Balaban J connectivity index is 2.71. The fourth-order valence-electron chi connectivity index (χ4n) is 2.70. The van der Waals surface area contributed by atoms with E-state index in [-0.39, 0.29) is 6.10 Å². The monoisotopic (exact) mass is 268 g/mol. The molecule has 1 aromatic carbocycles. The molecule has 1 aromatic rings. The van der Waals surface area contributed by atoms with Crippen LogP contribution in [0.1, 0.15) is 54.0 Å². The van der Waals surface area contributed by atoms with Gasteiger partial charge >= 0.3 is 0 Å². The number of benzene rings is 1. The van der Waals surface area contributed by atoms with Crippen molar-refractivity contribution < 1.29 is 5.11 Å². The lowest BCUT2D eigenvalue weighted by molar-refractivity contribution is 0.150. The van der Waals surface area contributed by atoms with Crippen molar-refractivity contribution in [3.05, 3.63) is 32.8 Å². The van der Waals surface area contributed by atoms with Crippen molar-refractivity contribution in [3.8, 4) is 0 Å². The van der Waals surface area contributed by atoms with Crippen LogP contribution in [-0.4, -0.2) is 5.11 Å². The molecule has 82 valence electrons. The summed E-state index contributed by atoms with van der Waals surface area (Å²) in [6, 6.07) is 2.17. The number of hydrogen-bond acceptors (Lipinski definition) is 1. The Morgan fingerprint density at radius 3 is 2.60 bits per heavy atom. The van der Waals surface area contributed by atoms with Gasteiger partial charge in [-0.25, -0.2) is 0 Å². The summed E-state index contributed by atoms with van der Waals surface area (Å²) in [5.74, 6) is 0.579. The van der Waals surface area contributed by atoms with E-state index >= 15 is 0 Å². The zero-order chi connectivity index (χ0) is 11.2. The fourth-order valence-corrected chi connectivity index (χ4v) is 3.26. The van der Waals surface area contributed by atoms with Crippen LogP contribution in [0, 0.1) is 13.8 Å². The molecule has 1 N–H and O–H groups in total. The first-order chi connectivity index (χ1) is 7.02. The molecule has 0 spiro atoms. The Morgan fingerprint density at radius 1 is 1.27 bits per heavy atom. The lowest BCUT2D eigenvalue weighted by Crippen LogP contribution is -2.15. The number of aryl methyl sites for hydroxylation is 1. The Hall–Kier alpha value is -0.340. The standard InChI is InChI=1S/C13H17BrO/c1-7-4-5-11(15)13-9(3)10(14)6-8(2)12(7)13/h6-7,11,15H,4-5H2,1-3H3/t7?,11-/m0/s1. The zero-order valence-electron chi connectivity index (χ0n) is 9.47. The summed E-state index contributed by atoms with van der Waals surface area (Å²) in [6.07, 6.45) is 1.72. The van der Waals surface area contributed by atoms with Gasteiger partial charge in [-0.1, -0.05) is 22.9 Å². The first-order valence-electron chi connectivity index (χ1n) is 5.50. The van der Waals surface area contributed by atoms with Crippen molar-refractivity contribution in [2.75, 3.05) is 0 Å². The number of hydrogen-bond donors (Lipinski definition) is 1. The summed E-state index contributed by atoms with van der Waals surface area (Å²) in [5.41, 5.74) is 5.04. The summed E-state index contributed by atoms with van der Waals surface area (Å²) < 4.78 is 1.12. The van der Waals surface area contributed by atoms with Crippen molar-refractivity contribution >= 4 is 15.9 Å². The van der Waals surface area contributed by atoms with Gasteiger partial charge in [-0.3, -0.25) is 0 Å². The summed E-state index contributed by atoms with van der Waals surface area (Å²) in [4.78, 5) is 0. The van der Waals surface area contributed by atoms with Crippen LogP contribution in [0.15, 0.2) is 10.5 Å². The molecule has 0 aliphatic heterocycles. The van der Waals surface area contributed by atoms with Crippen LogP contribution in [0.4, 0.5) is 0 Å². The van der Waals surface area contributed by atoms with Gasteiger partial charge < -0.3 is 5.11 Å². The third kappa shape index (κ3) is 1.74. The van der Waals surface area contributed by atoms with Crippen LogP contribution in [-0.2, 0) is 0 Å². The molecule has 1 nitrogen and oxygen atoms in total. The van der Waals surface area contributed by atoms with E-state index in [1.54, 1.807) is 0 Å². The lowest BCUT2D eigenvalue weighted by atomic mass is 9.78. The molecule has 1 aliphatic carbocycles. The average molecular weight is 269 g/mol. The van der Waals surface area contributed by atoms with Crippen molar-refractivity contribution in [2.24, 2.45) is 0 Å². The molecule has 0 bridgehead atoms. The van der Waals surface area contributed by atoms with Crippen LogP contribution >= 0.6 is 15.9 Å². The summed E-state index contributed by atoms with van der Waals surface area (Å²) >= 11 is 3.56. The molecule has 0 fully saturated rings. The number of aliphatic hydroxyl groups excluding tert-OH is 1. The third-order valence-electron chi connectivity index (χ3n) is 3.52. The lowest BCUT2D eigenvalue weighted by Gasteiger charge is -2.30. The van der Waals surface area contributed by atoms with Crippen LogP contribution in [0.2, 0.25) is 0 Å². The van der Waals surface area contributed by atoms with Gasteiger partial charge in [-0.15, -0.1) is 0 Å². The minimum Gasteiger partial charge on any atom is -0.388 e. The Kier molecular flexibility index (Phi) is 2.91. The van der Waals surface area contributed by atoms with Gasteiger partial charge in [0.1, 0.15) is 0 Å². The highest BCUT2D eigenvalue weighted by Gasteiger charge is 2.27. The largest absolute Gasteiger partial charge is 0.388 e. The van der Waals surface area contributed by atoms with E-state index in [9.17, 15) is 5.11 Å². The summed E-state index contributed by atoms with van der Waals surface area (Å²) in [5, 5.41) is 10.1. The van der Waals surface area contributed by atoms with Crippen molar-refractivity contribution in [1.29, 1.82) is 0 Å². The minimum atomic E-state index is -0.271. The fraction of sp³-hybridized carbons (Fsp3) is 0.538. The second-order valence-corrected chi connectivity index (χ2v) is 5.48. The van der Waals surface area contributed by atoms with Gasteiger partial charge in [0, 0.05) is 4.47 Å². The molecule has 2 rings (SSSR count). The Morgan fingerprint density at radius 2 is 1.93 bits per heavy atom. The van der Waals surface area contributed by atoms with E-state index in [4.69, 9.17) is 0 Å². The molecule has 0 saturated heterocycles. The Bertz CT molecular complexity index is 398. The molecule has 1 aliphatic rings. The van der Waals surface area contributed by atoms with Crippen LogP contribution in [0.25, 0.3) is 0 Å². The molecule has 0 saturated carbocycles. The van der Waals surface area contributed by atoms with Gasteiger partial charge in [0.05, 0.1) is 6.10 Å². The van der Waals surface area contributed by atoms with E-state index in [0.29, 0.717) is 5.92 Å². The van der Waals surface area contributed by atoms with E-state index in [2.05, 4.69) is 42.8 Å². The van der Waals surface area contributed by atoms with Crippen LogP contribution in [0.3, 0.4) is 0 Å². The number of fused-ring (bicyclic) bond motifs is 1. The first-order valence-corrected chi connectivity index (χ1v) is 6.29. The maximum absolute atomic E-state index is 10.1. The molecule has 0 radical (unpaired) electrons. The molecule has 15 heavy (non-hydrogen) atoms. The highest BCUT2D eigenvalue weighted by atomic mass is 79.9. The molecule has 0 amide bonds. The zero-order valence-corrected chi connectivity index (χ0v) is 11.1. The Labute approximate surface area is 99.6 Å². The van der Waals surface area contributed by atoms with Crippen LogP contribution in [0.5, 0.6) is 0 Å². The molecule has 0 heterocycles. The second kappa shape index (κ2) is 3.91. The van der Waals surface area contributed by atoms with E-state index in [1.807, 2.05) is 0 Å². The topological polar surface area (TPSA) is 20.2 Å².